The number of halogens is 1. The van der Waals surface area contributed by atoms with Crippen LogP contribution < -0.4 is 0 Å². The van der Waals surface area contributed by atoms with Gasteiger partial charge in [-0.3, -0.25) is 4.79 Å². The Morgan fingerprint density at radius 3 is 2.69 bits per heavy atom. The number of hydrogen-bond donors (Lipinski definition) is 0. The van der Waals surface area contributed by atoms with Crippen molar-refractivity contribution in [1.82, 2.24) is 0 Å². The molecule has 0 bridgehead atoms. The molecule has 1 aliphatic rings. The second-order valence-corrected chi connectivity index (χ2v) is 3.56. The highest BCUT2D eigenvalue weighted by atomic mass is 19.1. The molecule has 0 unspecified atom stereocenters. The molecule has 13 heavy (non-hydrogen) atoms. The van der Waals surface area contributed by atoms with Crippen LogP contribution in [0.5, 0.6) is 0 Å². The largest absolute Gasteiger partial charge is 0.298 e. The third-order valence-corrected chi connectivity index (χ3v) is 2.69. The average Bonchev–Trinajstić information content (AvgIpc) is 2.14. The van der Waals surface area contributed by atoms with Gasteiger partial charge in [0.15, 0.2) is 0 Å². The Morgan fingerprint density at radius 1 is 1.38 bits per heavy atom. The molecule has 0 heterocycles. The molecule has 68 valence electrons. The van der Waals surface area contributed by atoms with Crippen molar-refractivity contribution in [2.45, 2.75) is 24.9 Å². The highest BCUT2D eigenvalue weighted by Gasteiger charge is 2.38. The summed E-state index contributed by atoms with van der Waals surface area (Å²) in [5.74, 6) is 0. The van der Waals surface area contributed by atoms with Crippen molar-refractivity contribution in [2.24, 2.45) is 0 Å². The van der Waals surface area contributed by atoms with Crippen molar-refractivity contribution in [1.29, 1.82) is 0 Å². The Morgan fingerprint density at radius 2 is 2.15 bits per heavy atom. The lowest BCUT2D eigenvalue weighted by atomic mass is 9.76. The number of rotatable bonds is 2. The third kappa shape index (κ3) is 1.37. The summed E-state index contributed by atoms with van der Waals surface area (Å²) < 4.78 is 13.8. The molecule has 0 atom stereocenters. The minimum atomic E-state index is -1.15. The van der Waals surface area contributed by atoms with Crippen LogP contribution in [0.2, 0.25) is 0 Å². The Hall–Kier alpha value is -1.18. The van der Waals surface area contributed by atoms with Crippen molar-refractivity contribution in [2.75, 3.05) is 0 Å². The van der Waals surface area contributed by atoms with Gasteiger partial charge in [-0.25, -0.2) is 4.39 Å². The van der Waals surface area contributed by atoms with Crippen LogP contribution in [0.25, 0.3) is 0 Å². The molecule has 0 aromatic heterocycles. The van der Waals surface area contributed by atoms with E-state index in [9.17, 15) is 9.18 Å². The van der Waals surface area contributed by atoms with Gasteiger partial charge in [-0.05, 0) is 30.9 Å². The van der Waals surface area contributed by atoms with Gasteiger partial charge in [0.25, 0.3) is 0 Å². The van der Waals surface area contributed by atoms with Crippen LogP contribution in [0, 0.1) is 0 Å². The van der Waals surface area contributed by atoms with Crippen LogP contribution in [-0.2, 0) is 5.67 Å². The minimum absolute atomic E-state index is 0.557. The summed E-state index contributed by atoms with van der Waals surface area (Å²) in [6, 6.07) is 6.83. The van der Waals surface area contributed by atoms with Gasteiger partial charge in [0.05, 0.1) is 0 Å². The summed E-state index contributed by atoms with van der Waals surface area (Å²) in [6.45, 7) is 0. The third-order valence-electron chi connectivity index (χ3n) is 2.69. The van der Waals surface area contributed by atoms with Crippen LogP contribution in [0.4, 0.5) is 4.39 Å². The zero-order chi connectivity index (χ0) is 9.31. The van der Waals surface area contributed by atoms with E-state index in [1.54, 1.807) is 24.3 Å². The van der Waals surface area contributed by atoms with Crippen molar-refractivity contribution in [3.05, 3.63) is 35.4 Å². The van der Waals surface area contributed by atoms with Gasteiger partial charge in [-0.15, -0.1) is 0 Å². The minimum Gasteiger partial charge on any atom is -0.298 e. The van der Waals surface area contributed by atoms with Crippen LogP contribution in [0.15, 0.2) is 24.3 Å². The monoisotopic (exact) mass is 178 g/mol. The molecule has 0 amide bonds. The molecule has 0 aliphatic heterocycles. The van der Waals surface area contributed by atoms with Crippen LogP contribution in [-0.4, -0.2) is 6.29 Å². The van der Waals surface area contributed by atoms with Crippen LogP contribution in [0.1, 0.15) is 35.2 Å². The Balaban J connectivity index is 2.34. The van der Waals surface area contributed by atoms with Crippen molar-refractivity contribution in [3.63, 3.8) is 0 Å². The zero-order valence-electron chi connectivity index (χ0n) is 7.29. The molecular weight excluding hydrogens is 167 g/mol. The predicted octanol–water partition coefficient (Wildman–Crippen LogP) is 2.85. The molecule has 2 rings (SSSR count). The number of aldehydes is 1. The first-order valence-electron chi connectivity index (χ1n) is 4.49. The topological polar surface area (TPSA) is 17.1 Å². The van der Waals surface area contributed by atoms with Gasteiger partial charge >= 0.3 is 0 Å². The Labute approximate surface area is 76.6 Å². The van der Waals surface area contributed by atoms with Gasteiger partial charge in [-0.1, -0.05) is 18.2 Å². The SMILES string of the molecule is O=Cc1cccc(C2(F)CCC2)c1. The first kappa shape index (κ1) is 8.42. The number of hydrogen-bond acceptors (Lipinski definition) is 1. The zero-order valence-corrected chi connectivity index (χ0v) is 7.29. The quantitative estimate of drug-likeness (QED) is 0.636. The van der Waals surface area contributed by atoms with Gasteiger partial charge in [0, 0.05) is 5.56 Å². The normalized spacial score (nSPS) is 19.2. The number of carbonyl (C=O) groups excluding carboxylic acids is 1. The smallest absolute Gasteiger partial charge is 0.150 e. The standard InChI is InChI=1S/C11H11FO/c12-11(5-2-6-11)10-4-1-3-9(7-10)8-13/h1,3-4,7-8H,2,5-6H2. The number of benzene rings is 1. The van der Waals surface area contributed by atoms with E-state index in [1.807, 2.05) is 0 Å². The fourth-order valence-electron chi connectivity index (χ4n) is 1.67. The molecule has 1 fully saturated rings. The molecule has 1 saturated carbocycles. The lowest BCUT2D eigenvalue weighted by Gasteiger charge is -2.34. The summed E-state index contributed by atoms with van der Waals surface area (Å²) in [4.78, 5) is 10.5. The van der Waals surface area contributed by atoms with E-state index in [2.05, 4.69) is 0 Å². The van der Waals surface area contributed by atoms with E-state index >= 15 is 0 Å². The first-order chi connectivity index (χ1) is 6.24. The van der Waals surface area contributed by atoms with Crippen molar-refractivity contribution < 1.29 is 9.18 Å². The van der Waals surface area contributed by atoms with E-state index < -0.39 is 5.67 Å². The molecule has 1 aromatic carbocycles. The molecule has 0 radical (unpaired) electrons. The lowest BCUT2D eigenvalue weighted by Crippen LogP contribution is -2.28. The maximum absolute atomic E-state index is 13.8. The molecule has 1 nitrogen and oxygen atoms in total. The fraction of sp³-hybridized carbons (Fsp3) is 0.364. The molecule has 0 saturated heterocycles. The van der Waals surface area contributed by atoms with E-state index in [0.717, 1.165) is 12.7 Å². The maximum atomic E-state index is 13.8. The summed E-state index contributed by atoms with van der Waals surface area (Å²) in [5, 5.41) is 0. The average molecular weight is 178 g/mol. The van der Waals surface area contributed by atoms with E-state index in [-0.39, 0.29) is 0 Å². The molecule has 1 aromatic rings. The van der Waals surface area contributed by atoms with Gasteiger partial charge in [0.1, 0.15) is 12.0 Å². The Kier molecular flexibility index (Phi) is 1.91. The van der Waals surface area contributed by atoms with Gasteiger partial charge in [-0.2, -0.15) is 0 Å². The van der Waals surface area contributed by atoms with Crippen molar-refractivity contribution in [3.8, 4) is 0 Å². The van der Waals surface area contributed by atoms with Gasteiger partial charge in [0.2, 0.25) is 0 Å². The maximum Gasteiger partial charge on any atom is 0.150 e. The van der Waals surface area contributed by atoms with Gasteiger partial charge < -0.3 is 0 Å². The summed E-state index contributed by atoms with van der Waals surface area (Å²) in [6.07, 6.45) is 2.89. The Bertz CT molecular complexity index is 329. The lowest BCUT2D eigenvalue weighted by molar-refractivity contribution is 0.0608. The summed E-state index contributed by atoms with van der Waals surface area (Å²) >= 11 is 0. The summed E-state index contributed by atoms with van der Waals surface area (Å²) in [5.41, 5.74) is 0.0590. The van der Waals surface area contributed by atoms with Crippen molar-refractivity contribution >= 4 is 6.29 Å². The molecule has 0 spiro atoms. The van der Waals surface area contributed by atoms with Crippen LogP contribution >= 0.6 is 0 Å². The molecule has 1 aliphatic carbocycles. The molecular formula is C11H11FO. The second kappa shape index (κ2) is 2.95. The first-order valence-corrected chi connectivity index (χ1v) is 4.49. The van der Waals surface area contributed by atoms with Crippen LogP contribution in [0.3, 0.4) is 0 Å². The van der Waals surface area contributed by atoms with E-state index in [0.29, 0.717) is 24.0 Å². The fourth-order valence-corrected chi connectivity index (χ4v) is 1.67. The molecule has 2 heteroatoms. The summed E-state index contributed by atoms with van der Waals surface area (Å²) in [7, 11) is 0. The highest BCUT2D eigenvalue weighted by Crippen LogP contribution is 2.44. The second-order valence-electron chi connectivity index (χ2n) is 3.56. The highest BCUT2D eigenvalue weighted by molar-refractivity contribution is 5.75. The number of alkyl halides is 1. The van der Waals surface area contributed by atoms with E-state index in [1.165, 1.54) is 0 Å². The predicted molar refractivity (Wildman–Crippen MR) is 48.5 cm³/mol. The van der Waals surface area contributed by atoms with E-state index in [4.69, 9.17) is 0 Å². The number of carbonyl (C=O) groups is 1. The molecule has 0 N–H and O–H groups in total.